The molecule has 1 atom stereocenters. The van der Waals surface area contributed by atoms with E-state index in [9.17, 15) is 0 Å². The molecule has 0 aliphatic heterocycles. The molecule has 0 saturated carbocycles. The Morgan fingerprint density at radius 1 is 1.56 bits per heavy atom. The first-order chi connectivity index (χ1) is 7.68. The van der Waals surface area contributed by atoms with Crippen LogP contribution >= 0.6 is 0 Å². The molecule has 1 unspecified atom stereocenters. The lowest BCUT2D eigenvalue weighted by Gasteiger charge is -2.09. The molecule has 0 spiro atoms. The lowest BCUT2D eigenvalue weighted by atomic mass is 10.0. The van der Waals surface area contributed by atoms with Crippen molar-refractivity contribution in [1.82, 2.24) is 9.61 Å². The Labute approximate surface area is 95.6 Å². The predicted octanol–water partition coefficient (Wildman–Crippen LogP) is 2.69. The molecule has 0 saturated heterocycles. The number of hydrogen-bond acceptors (Lipinski definition) is 2. The molecule has 0 aliphatic carbocycles. The molecule has 0 bridgehead atoms. The Hall–Kier alpha value is -1.61. The van der Waals surface area contributed by atoms with E-state index in [0.717, 1.165) is 23.9 Å². The summed E-state index contributed by atoms with van der Waals surface area (Å²) in [4.78, 5) is 0. The minimum absolute atomic E-state index is 0.0385. The van der Waals surface area contributed by atoms with Crippen molar-refractivity contribution in [2.75, 3.05) is 0 Å². The highest BCUT2D eigenvalue weighted by atomic mass is 15.2. The molecular weight excluding hydrogens is 198 g/mol. The van der Waals surface area contributed by atoms with Crippen molar-refractivity contribution in [3.8, 4) is 0 Å². The molecule has 0 aromatic carbocycles. The molecule has 2 aromatic heterocycles. The molecule has 16 heavy (non-hydrogen) atoms. The van der Waals surface area contributed by atoms with Crippen molar-refractivity contribution in [2.24, 2.45) is 5.73 Å². The van der Waals surface area contributed by atoms with E-state index in [4.69, 9.17) is 5.73 Å². The second-order valence-electron chi connectivity index (χ2n) is 4.23. The van der Waals surface area contributed by atoms with Crippen LogP contribution in [0.2, 0.25) is 0 Å². The number of fused-ring (bicyclic) bond motifs is 1. The average molecular weight is 215 g/mol. The molecule has 84 valence electrons. The van der Waals surface area contributed by atoms with Gasteiger partial charge in [-0.15, -0.1) is 6.58 Å². The average Bonchev–Trinajstić information content (AvgIpc) is 2.69. The number of nitrogens with zero attached hydrogens (tertiary/aromatic N) is 2. The normalized spacial score (nSPS) is 12.9. The Balaban J connectivity index is 2.22. The highest BCUT2D eigenvalue weighted by Gasteiger charge is 2.11. The summed E-state index contributed by atoms with van der Waals surface area (Å²) in [7, 11) is 0. The van der Waals surface area contributed by atoms with Gasteiger partial charge in [0, 0.05) is 17.8 Å². The summed E-state index contributed by atoms with van der Waals surface area (Å²) >= 11 is 0. The molecule has 0 amide bonds. The molecule has 2 aromatic rings. The molecule has 2 N–H and O–H groups in total. The van der Waals surface area contributed by atoms with Crippen molar-refractivity contribution in [2.45, 2.75) is 25.8 Å². The highest BCUT2D eigenvalue weighted by molar-refractivity contribution is 5.54. The molecule has 3 nitrogen and oxygen atoms in total. The lowest BCUT2D eigenvalue weighted by Crippen LogP contribution is -2.09. The van der Waals surface area contributed by atoms with Gasteiger partial charge in [0.1, 0.15) is 0 Å². The smallest absolute Gasteiger partial charge is 0.0709 e. The maximum Gasteiger partial charge on any atom is 0.0709 e. The Morgan fingerprint density at radius 3 is 3.12 bits per heavy atom. The van der Waals surface area contributed by atoms with Gasteiger partial charge < -0.3 is 5.73 Å². The summed E-state index contributed by atoms with van der Waals surface area (Å²) in [6.07, 6.45) is 5.68. The monoisotopic (exact) mass is 215 g/mol. The van der Waals surface area contributed by atoms with Crippen LogP contribution in [0.4, 0.5) is 0 Å². The fraction of sp³-hybridized carbons (Fsp3) is 0.308. The third kappa shape index (κ3) is 2.14. The maximum absolute atomic E-state index is 6.16. The van der Waals surface area contributed by atoms with E-state index < -0.39 is 0 Å². The van der Waals surface area contributed by atoms with Gasteiger partial charge in [0.05, 0.1) is 11.7 Å². The third-order valence-corrected chi connectivity index (χ3v) is 2.74. The Morgan fingerprint density at radius 2 is 2.38 bits per heavy atom. The SMILES string of the molecule is C=C(C)CCC(N)c1cnn2ccccc12. The number of pyridine rings is 1. The number of rotatable bonds is 4. The Bertz CT molecular complexity index is 499. The summed E-state index contributed by atoms with van der Waals surface area (Å²) in [6.45, 7) is 5.92. The van der Waals surface area contributed by atoms with Gasteiger partial charge in [-0.3, -0.25) is 0 Å². The summed E-state index contributed by atoms with van der Waals surface area (Å²) in [5, 5.41) is 4.28. The van der Waals surface area contributed by atoms with E-state index in [2.05, 4.69) is 11.7 Å². The topological polar surface area (TPSA) is 43.3 Å². The van der Waals surface area contributed by atoms with E-state index in [1.165, 1.54) is 5.57 Å². The zero-order valence-electron chi connectivity index (χ0n) is 9.56. The predicted molar refractivity (Wildman–Crippen MR) is 66.2 cm³/mol. The van der Waals surface area contributed by atoms with Gasteiger partial charge in [0.2, 0.25) is 0 Å². The first-order valence-electron chi connectivity index (χ1n) is 5.50. The van der Waals surface area contributed by atoms with Crippen LogP contribution in [0.1, 0.15) is 31.4 Å². The number of nitrogens with two attached hydrogens (primary N) is 1. The van der Waals surface area contributed by atoms with Gasteiger partial charge in [0.25, 0.3) is 0 Å². The van der Waals surface area contributed by atoms with Crippen molar-refractivity contribution in [1.29, 1.82) is 0 Å². The van der Waals surface area contributed by atoms with E-state index in [0.29, 0.717) is 0 Å². The number of hydrogen-bond donors (Lipinski definition) is 1. The summed E-state index contributed by atoms with van der Waals surface area (Å²) < 4.78 is 1.86. The quantitative estimate of drug-likeness (QED) is 0.797. The molecule has 3 heteroatoms. The van der Waals surface area contributed by atoms with Crippen LogP contribution in [0.3, 0.4) is 0 Å². The largest absolute Gasteiger partial charge is 0.324 e. The fourth-order valence-corrected chi connectivity index (χ4v) is 1.80. The summed E-state index contributed by atoms with van der Waals surface area (Å²) in [6, 6.07) is 6.05. The van der Waals surface area contributed by atoms with E-state index in [1.54, 1.807) is 0 Å². The molecule has 0 fully saturated rings. The second kappa shape index (κ2) is 4.49. The number of aromatic nitrogens is 2. The first-order valence-corrected chi connectivity index (χ1v) is 5.50. The molecule has 0 radical (unpaired) electrons. The molecule has 2 heterocycles. The minimum atomic E-state index is 0.0385. The van der Waals surface area contributed by atoms with Crippen molar-refractivity contribution in [3.63, 3.8) is 0 Å². The van der Waals surface area contributed by atoms with Crippen LogP contribution in [0, 0.1) is 0 Å². The third-order valence-electron chi connectivity index (χ3n) is 2.74. The molecular formula is C13H17N3. The van der Waals surface area contributed by atoms with Crippen LogP contribution in [0.15, 0.2) is 42.7 Å². The Kier molecular flexibility index (Phi) is 3.06. The van der Waals surface area contributed by atoms with Crippen molar-refractivity contribution < 1.29 is 0 Å². The maximum atomic E-state index is 6.16. The van der Waals surface area contributed by atoms with E-state index >= 15 is 0 Å². The van der Waals surface area contributed by atoms with Gasteiger partial charge >= 0.3 is 0 Å². The fourth-order valence-electron chi connectivity index (χ4n) is 1.80. The zero-order chi connectivity index (χ0) is 11.5. The van der Waals surface area contributed by atoms with Crippen LogP contribution in [0.25, 0.3) is 5.52 Å². The van der Waals surface area contributed by atoms with Gasteiger partial charge in [-0.25, -0.2) is 4.52 Å². The first kappa shape index (κ1) is 10.9. The van der Waals surface area contributed by atoms with Crippen molar-refractivity contribution >= 4 is 5.52 Å². The standard InChI is InChI=1S/C13H17N3/c1-10(2)6-7-12(14)11-9-15-16-8-4-3-5-13(11)16/h3-5,8-9,12H,1,6-7,14H2,2H3. The second-order valence-corrected chi connectivity index (χ2v) is 4.23. The van der Waals surface area contributed by atoms with Crippen LogP contribution in [-0.4, -0.2) is 9.61 Å². The van der Waals surface area contributed by atoms with Gasteiger partial charge in [0.15, 0.2) is 0 Å². The van der Waals surface area contributed by atoms with Gasteiger partial charge in [-0.05, 0) is 31.9 Å². The lowest BCUT2D eigenvalue weighted by molar-refractivity contribution is 0.653. The highest BCUT2D eigenvalue weighted by Crippen LogP contribution is 2.21. The van der Waals surface area contributed by atoms with Gasteiger partial charge in [-0.2, -0.15) is 5.10 Å². The zero-order valence-corrected chi connectivity index (χ0v) is 9.56. The summed E-state index contributed by atoms with van der Waals surface area (Å²) in [5.41, 5.74) is 9.54. The molecule has 0 aliphatic rings. The number of allylic oxidation sites excluding steroid dienone is 1. The van der Waals surface area contributed by atoms with E-state index in [1.807, 2.05) is 42.0 Å². The van der Waals surface area contributed by atoms with Crippen LogP contribution in [-0.2, 0) is 0 Å². The molecule has 2 rings (SSSR count). The van der Waals surface area contributed by atoms with E-state index in [-0.39, 0.29) is 6.04 Å². The minimum Gasteiger partial charge on any atom is -0.324 e. The van der Waals surface area contributed by atoms with Gasteiger partial charge in [-0.1, -0.05) is 11.6 Å². The van der Waals surface area contributed by atoms with Crippen molar-refractivity contribution in [3.05, 3.63) is 48.3 Å². The summed E-state index contributed by atoms with van der Waals surface area (Å²) in [5.74, 6) is 0. The van der Waals surface area contributed by atoms with Crippen LogP contribution < -0.4 is 5.73 Å². The van der Waals surface area contributed by atoms with Crippen LogP contribution in [0.5, 0.6) is 0 Å².